The normalized spacial score (nSPS) is 11.6. The van der Waals surface area contributed by atoms with Gasteiger partial charge in [-0.3, -0.25) is 0 Å². The van der Waals surface area contributed by atoms with Gasteiger partial charge in [0.15, 0.2) is 0 Å². The van der Waals surface area contributed by atoms with Gasteiger partial charge in [0.05, 0.1) is 13.2 Å². The highest BCUT2D eigenvalue weighted by atomic mass is 19.3. The van der Waals surface area contributed by atoms with Gasteiger partial charge in [0.25, 0.3) is 5.92 Å². The molecule has 1 N–H and O–H groups in total. The van der Waals surface area contributed by atoms with Crippen LogP contribution in [0.1, 0.15) is 6.92 Å². The third-order valence-corrected chi connectivity index (χ3v) is 1.18. The molecule has 12 heavy (non-hydrogen) atoms. The maximum atomic E-state index is 12.7. The van der Waals surface area contributed by atoms with Crippen molar-refractivity contribution in [3.63, 3.8) is 0 Å². The average Bonchev–Trinajstić information content (AvgIpc) is 2.01. The van der Waals surface area contributed by atoms with Crippen LogP contribution in [0, 0.1) is 0 Å². The molecular weight excluding hydrogens is 164 g/mol. The summed E-state index contributed by atoms with van der Waals surface area (Å²) in [5, 5.41) is 2.56. The van der Waals surface area contributed by atoms with Gasteiger partial charge in [-0.2, -0.15) is 0 Å². The van der Waals surface area contributed by atoms with E-state index in [0.29, 0.717) is 6.54 Å². The Morgan fingerprint density at radius 3 is 2.75 bits per heavy atom. The van der Waals surface area contributed by atoms with Crippen LogP contribution < -0.4 is 5.32 Å². The first-order valence-electron chi connectivity index (χ1n) is 3.89. The summed E-state index contributed by atoms with van der Waals surface area (Å²) in [6, 6.07) is 0. The van der Waals surface area contributed by atoms with Crippen molar-refractivity contribution in [2.45, 2.75) is 12.8 Å². The molecule has 0 aliphatic rings. The summed E-state index contributed by atoms with van der Waals surface area (Å²) < 4.78 is 30.1. The van der Waals surface area contributed by atoms with Crippen LogP contribution in [0.4, 0.5) is 8.78 Å². The molecule has 0 aromatic rings. The predicted octanol–water partition coefficient (Wildman–Crippen LogP) is 1.43. The van der Waals surface area contributed by atoms with Crippen LogP contribution in [0.15, 0.2) is 12.7 Å². The fraction of sp³-hybridized carbons (Fsp3) is 0.750. The number of nitrogens with one attached hydrogen (secondary N) is 1. The monoisotopic (exact) mass is 179 g/mol. The van der Waals surface area contributed by atoms with E-state index in [1.807, 2.05) is 0 Å². The Bertz CT molecular complexity index is 128. The van der Waals surface area contributed by atoms with E-state index in [9.17, 15) is 8.78 Å². The van der Waals surface area contributed by atoms with E-state index >= 15 is 0 Å². The zero-order valence-electron chi connectivity index (χ0n) is 7.28. The molecule has 0 aromatic heterocycles. The first-order chi connectivity index (χ1) is 5.62. The van der Waals surface area contributed by atoms with E-state index in [1.54, 1.807) is 6.92 Å². The van der Waals surface area contributed by atoms with Crippen LogP contribution in [0.25, 0.3) is 0 Å². The molecule has 0 radical (unpaired) electrons. The lowest BCUT2D eigenvalue weighted by Crippen LogP contribution is -2.36. The highest BCUT2D eigenvalue weighted by molar-refractivity contribution is 4.70. The minimum absolute atomic E-state index is 0.168. The van der Waals surface area contributed by atoms with E-state index < -0.39 is 12.5 Å². The van der Waals surface area contributed by atoms with Crippen LogP contribution in [-0.4, -0.2) is 32.2 Å². The Balaban J connectivity index is 3.48. The molecule has 0 aliphatic carbocycles. The fourth-order valence-electron chi connectivity index (χ4n) is 0.650. The smallest absolute Gasteiger partial charge is 0.283 e. The molecule has 0 spiro atoms. The SMILES string of the molecule is C=CCOCC(F)(F)CNCC. The van der Waals surface area contributed by atoms with Crippen LogP contribution in [-0.2, 0) is 4.74 Å². The molecular formula is C8H15F2NO. The van der Waals surface area contributed by atoms with Crippen LogP contribution >= 0.6 is 0 Å². The van der Waals surface area contributed by atoms with Crippen molar-refractivity contribution in [2.75, 3.05) is 26.3 Å². The lowest BCUT2D eigenvalue weighted by molar-refractivity contribution is -0.0687. The van der Waals surface area contributed by atoms with E-state index in [0.717, 1.165) is 0 Å². The Labute approximate surface area is 71.6 Å². The number of rotatable bonds is 7. The fourth-order valence-corrected chi connectivity index (χ4v) is 0.650. The molecule has 0 bridgehead atoms. The van der Waals surface area contributed by atoms with Gasteiger partial charge in [0.1, 0.15) is 6.61 Å². The molecule has 0 unspecified atom stereocenters. The Hall–Kier alpha value is -0.480. The lowest BCUT2D eigenvalue weighted by atomic mass is 10.3. The van der Waals surface area contributed by atoms with Gasteiger partial charge >= 0.3 is 0 Å². The van der Waals surface area contributed by atoms with Crippen LogP contribution in [0.3, 0.4) is 0 Å². The third kappa shape index (κ3) is 6.24. The van der Waals surface area contributed by atoms with Gasteiger partial charge in [0, 0.05) is 0 Å². The van der Waals surface area contributed by atoms with E-state index in [1.165, 1.54) is 6.08 Å². The summed E-state index contributed by atoms with van der Waals surface area (Å²) in [4.78, 5) is 0. The Morgan fingerprint density at radius 2 is 2.25 bits per heavy atom. The summed E-state index contributed by atoms with van der Waals surface area (Å²) in [6.45, 7) is 4.96. The van der Waals surface area contributed by atoms with Gasteiger partial charge in [-0.25, -0.2) is 8.78 Å². The topological polar surface area (TPSA) is 21.3 Å². The first kappa shape index (κ1) is 11.5. The van der Waals surface area contributed by atoms with Crippen molar-refractivity contribution in [2.24, 2.45) is 0 Å². The molecule has 0 aromatic carbocycles. The third-order valence-electron chi connectivity index (χ3n) is 1.18. The van der Waals surface area contributed by atoms with Gasteiger partial charge in [-0.05, 0) is 6.54 Å². The predicted molar refractivity (Wildman–Crippen MR) is 44.5 cm³/mol. The summed E-state index contributed by atoms with van der Waals surface area (Å²) in [5.41, 5.74) is 0. The largest absolute Gasteiger partial charge is 0.371 e. The number of ether oxygens (including phenoxy) is 1. The minimum Gasteiger partial charge on any atom is -0.371 e. The van der Waals surface area contributed by atoms with Crippen LogP contribution in [0.5, 0.6) is 0 Å². The van der Waals surface area contributed by atoms with Gasteiger partial charge in [-0.1, -0.05) is 13.0 Å². The molecule has 4 heteroatoms. The number of halogens is 2. The number of alkyl halides is 2. The molecule has 0 atom stereocenters. The maximum Gasteiger partial charge on any atom is 0.283 e. The zero-order chi connectivity index (χ0) is 9.45. The van der Waals surface area contributed by atoms with Crippen molar-refractivity contribution >= 4 is 0 Å². The summed E-state index contributed by atoms with van der Waals surface area (Å²) in [6.07, 6.45) is 1.45. The van der Waals surface area contributed by atoms with E-state index in [-0.39, 0.29) is 13.2 Å². The molecule has 72 valence electrons. The highest BCUT2D eigenvalue weighted by Gasteiger charge is 2.27. The second-order valence-electron chi connectivity index (χ2n) is 2.44. The molecule has 0 aliphatic heterocycles. The van der Waals surface area contributed by atoms with Crippen molar-refractivity contribution in [3.8, 4) is 0 Å². The van der Waals surface area contributed by atoms with Gasteiger partial charge < -0.3 is 10.1 Å². The van der Waals surface area contributed by atoms with E-state index in [2.05, 4.69) is 16.6 Å². The number of hydrogen-bond acceptors (Lipinski definition) is 2. The first-order valence-corrected chi connectivity index (χ1v) is 3.89. The highest BCUT2D eigenvalue weighted by Crippen LogP contribution is 2.11. The molecule has 0 rings (SSSR count). The zero-order valence-corrected chi connectivity index (χ0v) is 7.28. The number of hydrogen-bond donors (Lipinski definition) is 1. The van der Waals surface area contributed by atoms with Crippen molar-refractivity contribution < 1.29 is 13.5 Å². The minimum atomic E-state index is -2.78. The molecule has 0 heterocycles. The molecule has 0 saturated heterocycles. The maximum absolute atomic E-state index is 12.7. The van der Waals surface area contributed by atoms with Crippen molar-refractivity contribution in [1.82, 2.24) is 5.32 Å². The Kier molecular flexibility index (Phi) is 5.84. The second kappa shape index (κ2) is 6.08. The summed E-state index contributed by atoms with van der Waals surface area (Å²) in [5.74, 6) is -2.78. The second-order valence-corrected chi connectivity index (χ2v) is 2.44. The molecule has 0 fully saturated rings. The standard InChI is InChI=1S/C8H15F2NO/c1-3-5-12-7-8(9,10)6-11-4-2/h3,11H,1,4-7H2,2H3. The molecule has 0 amide bonds. The average molecular weight is 179 g/mol. The Morgan fingerprint density at radius 1 is 1.58 bits per heavy atom. The summed E-state index contributed by atoms with van der Waals surface area (Å²) >= 11 is 0. The molecule has 2 nitrogen and oxygen atoms in total. The lowest BCUT2D eigenvalue weighted by Gasteiger charge is -2.15. The molecule has 0 saturated carbocycles. The quantitative estimate of drug-likeness (QED) is 0.471. The van der Waals surface area contributed by atoms with Crippen LogP contribution in [0.2, 0.25) is 0 Å². The van der Waals surface area contributed by atoms with Crippen molar-refractivity contribution in [1.29, 1.82) is 0 Å². The van der Waals surface area contributed by atoms with Gasteiger partial charge in [0.2, 0.25) is 0 Å². The van der Waals surface area contributed by atoms with Gasteiger partial charge in [-0.15, -0.1) is 6.58 Å². The summed E-state index contributed by atoms with van der Waals surface area (Å²) in [7, 11) is 0. The van der Waals surface area contributed by atoms with Crippen molar-refractivity contribution in [3.05, 3.63) is 12.7 Å². The van der Waals surface area contributed by atoms with E-state index in [4.69, 9.17) is 0 Å².